The van der Waals surface area contributed by atoms with E-state index >= 15 is 0 Å². The fourth-order valence-corrected chi connectivity index (χ4v) is 4.25. The van der Waals surface area contributed by atoms with Crippen LogP contribution in [0.2, 0.25) is 0 Å². The fraction of sp³-hybridized carbons (Fsp3) is 0.458. The van der Waals surface area contributed by atoms with E-state index in [1.807, 2.05) is 23.1 Å². The number of aromatic nitrogens is 2. The molecule has 0 atom stereocenters. The summed E-state index contributed by atoms with van der Waals surface area (Å²) in [5.41, 5.74) is 7.93. The van der Waals surface area contributed by atoms with Gasteiger partial charge < -0.3 is 25.3 Å². The molecule has 3 N–H and O–H groups in total. The summed E-state index contributed by atoms with van der Waals surface area (Å²) in [6.45, 7) is 2.59. The quantitative estimate of drug-likeness (QED) is 0.614. The lowest BCUT2D eigenvalue weighted by molar-refractivity contribution is -0.127. The van der Waals surface area contributed by atoms with Crippen LogP contribution >= 0.6 is 0 Å². The van der Waals surface area contributed by atoms with Gasteiger partial charge in [0, 0.05) is 62.3 Å². The molecular formula is C24H31N5O3. The van der Waals surface area contributed by atoms with Crippen molar-refractivity contribution < 1.29 is 9.53 Å². The fourth-order valence-electron chi connectivity index (χ4n) is 4.25. The van der Waals surface area contributed by atoms with Crippen LogP contribution in [-0.2, 0) is 4.79 Å². The third-order valence-corrected chi connectivity index (χ3v) is 6.24. The highest BCUT2D eigenvalue weighted by Gasteiger charge is 2.32. The zero-order chi connectivity index (χ0) is 22.5. The molecule has 4 rings (SSSR count). The second-order valence-electron chi connectivity index (χ2n) is 8.48. The minimum Gasteiger partial charge on any atom is -0.481 e. The van der Waals surface area contributed by atoms with E-state index in [1.54, 1.807) is 31.7 Å². The standard InChI is InChI=1S/C24H31N5O3/c1-32-22-14-18(6-10-26-22)19-13-21(24(31)27-15-19)29(16-17-4-5-17)20-7-11-28(12-8-20)23(30)3-2-9-25/h2-3,6,10,13-15,17,20H,4-5,7-9,11-12,16,25H2,1H3,(H,27,31). The number of H-pyrrole nitrogens is 1. The van der Waals surface area contributed by atoms with E-state index in [4.69, 9.17) is 10.5 Å². The number of nitrogens with two attached hydrogens (primary N) is 1. The minimum absolute atomic E-state index is 0.00845. The Balaban J connectivity index is 1.56. The Hall–Kier alpha value is -3.13. The second kappa shape index (κ2) is 9.99. The maximum atomic E-state index is 12.9. The second-order valence-corrected chi connectivity index (χ2v) is 8.48. The summed E-state index contributed by atoms with van der Waals surface area (Å²) < 4.78 is 5.25. The maximum absolute atomic E-state index is 12.9. The van der Waals surface area contributed by atoms with Crippen LogP contribution in [0.4, 0.5) is 5.69 Å². The molecule has 32 heavy (non-hydrogen) atoms. The van der Waals surface area contributed by atoms with Gasteiger partial charge >= 0.3 is 0 Å². The monoisotopic (exact) mass is 437 g/mol. The first-order valence-electron chi connectivity index (χ1n) is 11.2. The Morgan fingerprint density at radius 3 is 2.75 bits per heavy atom. The highest BCUT2D eigenvalue weighted by atomic mass is 16.5. The lowest BCUT2D eigenvalue weighted by atomic mass is 10.0. The number of carbonyl (C=O) groups is 1. The normalized spacial score (nSPS) is 17.0. The molecule has 0 spiro atoms. The number of hydrogen-bond acceptors (Lipinski definition) is 6. The molecule has 1 aliphatic heterocycles. The van der Waals surface area contributed by atoms with Crippen LogP contribution in [0.1, 0.15) is 25.7 Å². The number of ether oxygens (including phenoxy) is 1. The summed E-state index contributed by atoms with van der Waals surface area (Å²) in [5, 5.41) is 0. The minimum atomic E-state index is -0.0835. The van der Waals surface area contributed by atoms with Gasteiger partial charge in [-0.1, -0.05) is 6.08 Å². The van der Waals surface area contributed by atoms with E-state index < -0.39 is 0 Å². The van der Waals surface area contributed by atoms with Gasteiger partial charge in [0.15, 0.2) is 0 Å². The van der Waals surface area contributed by atoms with Gasteiger partial charge in [-0.2, -0.15) is 0 Å². The Bertz CT molecular complexity index is 1020. The number of likely N-dealkylation sites (tertiary alicyclic amines) is 1. The van der Waals surface area contributed by atoms with E-state index in [0.29, 0.717) is 37.1 Å². The van der Waals surface area contributed by atoms with Gasteiger partial charge in [0.2, 0.25) is 11.8 Å². The van der Waals surface area contributed by atoms with E-state index in [-0.39, 0.29) is 17.5 Å². The number of rotatable bonds is 8. The number of nitrogens with zero attached hydrogens (tertiary/aromatic N) is 3. The van der Waals surface area contributed by atoms with Crippen molar-refractivity contribution in [2.24, 2.45) is 11.7 Å². The molecule has 8 heteroatoms. The molecule has 1 saturated carbocycles. The van der Waals surface area contributed by atoms with Crippen molar-refractivity contribution in [3.8, 4) is 17.0 Å². The molecule has 2 fully saturated rings. The number of nitrogens with one attached hydrogen (secondary N) is 1. The molecule has 0 radical (unpaired) electrons. The average molecular weight is 438 g/mol. The van der Waals surface area contributed by atoms with Crippen LogP contribution in [0.3, 0.4) is 0 Å². The smallest absolute Gasteiger partial charge is 0.271 e. The molecule has 2 aliphatic rings. The van der Waals surface area contributed by atoms with E-state index in [2.05, 4.69) is 14.9 Å². The molecule has 8 nitrogen and oxygen atoms in total. The van der Waals surface area contributed by atoms with Crippen molar-refractivity contribution in [1.82, 2.24) is 14.9 Å². The average Bonchev–Trinajstić information content (AvgIpc) is 3.66. The van der Waals surface area contributed by atoms with Crippen molar-refractivity contribution in [3.63, 3.8) is 0 Å². The highest BCUT2D eigenvalue weighted by molar-refractivity contribution is 5.87. The van der Waals surface area contributed by atoms with Gasteiger partial charge in [0.05, 0.1) is 7.11 Å². The maximum Gasteiger partial charge on any atom is 0.271 e. The molecule has 170 valence electrons. The van der Waals surface area contributed by atoms with Crippen molar-refractivity contribution in [2.45, 2.75) is 31.7 Å². The van der Waals surface area contributed by atoms with Crippen LogP contribution in [0.5, 0.6) is 5.88 Å². The van der Waals surface area contributed by atoms with Gasteiger partial charge in [0.25, 0.3) is 5.56 Å². The number of anilines is 1. The molecule has 3 heterocycles. The predicted molar refractivity (Wildman–Crippen MR) is 125 cm³/mol. The first-order chi connectivity index (χ1) is 15.6. The zero-order valence-corrected chi connectivity index (χ0v) is 18.5. The van der Waals surface area contributed by atoms with Crippen molar-refractivity contribution >= 4 is 11.6 Å². The summed E-state index contributed by atoms with van der Waals surface area (Å²) >= 11 is 0. The zero-order valence-electron chi connectivity index (χ0n) is 18.5. The summed E-state index contributed by atoms with van der Waals surface area (Å²) in [5.74, 6) is 1.17. The summed E-state index contributed by atoms with van der Waals surface area (Å²) in [7, 11) is 1.59. The molecule has 1 amide bonds. The predicted octanol–water partition coefficient (Wildman–Crippen LogP) is 2.17. The number of hydrogen-bond donors (Lipinski definition) is 2. The van der Waals surface area contributed by atoms with Crippen molar-refractivity contribution in [3.05, 3.63) is 53.1 Å². The van der Waals surface area contributed by atoms with E-state index in [0.717, 1.165) is 30.5 Å². The molecule has 1 saturated heterocycles. The first kappa shape index (κ1) is 22.1. The summed E-state index contributed by atoms with van der Waals surface area (Å²) in [6.07, 6.45) is 10.8. The van der Waals surface area contributed by atoms with Gasteiger partial charge in [-0.05, 0) is 49.3 Å². The van der Waals surface area contributed by atoms with E-state index in [9.17, 15) is 9.59 Å². The molecule has 0 unspecified atom stereocenters. The molecule has 1 aliphatic carbocycles. The summed E-state index contributed by atoms with van der Waals surface area (Å²) in [4.78, 5) is 36.4. The van der Waals surface area contributed by atoms with Crippen molar-refractivity contribution in [2.75, 3.05) is 38.2 Å². The number of pyridine rings is 2. The Morgan fingerprint density at radius 1 is 1.28 bits per heavy atom. The largest absolute Gasteiger partial charge is 0.481 e. The van der Waals surface area contributed by atoms with Crippen LogP contribution in [-0.4, -0.2) is 60.1 Å². The number of methoxy groups -OCH3 is 1. The van der Waals surface area contributed by atoms with Crippen LogP contribution in [0.25, 0.3) is 11.1 Å². The first-order valence-corrected chi connectivity index (χ1v) is 11.2. The Labute approximate surface area is 188 Å². The molecule has 2 aromatic heterocycles. The highest BCUT2D eigenvalue weighted by Crippen LogP contribution is 2.34. The SMILES string of the molecule is COc1cc(-c2c[nH]c(=O)c(N(CC3CC3)C3CCN(C(=O)C=CCN)CC3)c2)ccn1. The molecule has 0 aromatic carbocycles. The van der Waals surface area contributed by atoms with Gasteiger partial charge in [0.1, 0.15) is 5.69 Å². The van der Waals surface area contributed by atoms with Gasteiger partial charge in [-0.15, -0.1) is 0 Å². The lowest BCUT2D eigenvalue weighted by Crippen LogP contribution is -2.48. The lowest BCUT2D eigenvalue weighted by Gasteiger charge is -2.39. The van der Waals surface area contributed by atoms with Crippen molar-refractivity contribution in [1.29, 1.82) is 0 Å². The third-order valence-electron chi connectivity index (χ3n) is 6.24. The third kappa shape index (κ3) is 5.19. The number of aromatic amines is 1. The molecule has 0 bridgehead atoms. The van der Waals surface area contributed by atoms with Crippen LogP contribution in [0.15, 0.2) is 47.5 Å². The number of piperidine rings is 1. The number of amides is 1. The topological polar surface area (TPSA) is 105 Å². The van der Waals surface area contributed by atoms with Crippen LogP contribution in [0, 0.1) is 5.92 Å². The Kier molecular flexibility index (Phi) is 6.90. The van der Waals surface area contributed by atoms with Crippen LogP contribution < -0.4 is 20.9 Å². The van der Waals surface area contributed by atoms with Gasteiger partial charge in [-0.3, -0.25) is 9.59 Å². The Morgan fingerprint density at radius 2 is 2.06 bits per heavy atom. The molecular weight excluding hydrogens is 406 g/mol. The number of carbonyl (C=O) groups excluding carboxylic acids is 1. The van der Waals surface area contributed by atoms with E-state index in [1.165, 1.54) is 12.8 Å². The molecule has 2 aromatic rings. The summed E-state index contributed by atoms with van der Waals surface area (Å²) in [6, 6.07) is 5.96. The van der Waals surface area contributed by atoms with Gasteiger partial charge in [-0.25, -0.2) is 4.98 Å².